The highest BCUT2D eigenvalue weighted by Gasteiger charge is 2.20. The predicted molar refractivity (Wildman–Crippen MR) is 117 cm³/mol. The molecule has 0 aliphatic rings. The minimum absolute atomic E-state index is 0.157. The number of nitrogens with one attached hydrogen (secondary N) is 1. The summed E-state index contributed by atoms with van der Waals surface area (Å²) < 4.78 is 16.3. The first kappa shape index (κ1) is 23.5. The molecule has 0 spiro atoms. The van der Waals surface area contributed by atoms with E-state index in [9.17, 15) is 9.59 Å². The van der Waals surface area contributed by atoms with E-state index >= 15 is 0 Å². The third-order valence-corrected chi connectivity index (χ3v) is 5.27. The average Bonchev–Trinajstić information content (AvgIpc) is 3.17. The van der Waals surface area contributed by atoms with Crippen LogP contribution >= 0.6 is 12.0 Å². The molecule has 3 N–H and O–H groups in total. The van der Waals surface area contributed by atoms with E-state index in [0.717, 1.165) is 22.5 Å². The van der Waals surface area contributed by atoms with E-state index in [1.165, 1.54) is 17.9 Å². The summed E-state index contributed by atoms with van der Waals surface area (Å²) in [6, 6.07) is 12.1. The van der Waals surface area contributed by atoms with Gasteiger partial charge in [-0.2, -0.15) is 5.90 Å². The van der Waals surface area contributed by atoms with Crippen molar-refractivity contribution in [2.75, 3.05) is 13.7 Å². The number of ether oxygens (including phenoxy) is 2. The molecule has 32 heavy (non-hydrogen) atoms. The molecule has 1 unspecified atom stereocenters. The van der Waals surface area contributed by atoms with Gasteiger partial charge in [-0.15, -0.1) is 9.32 Å². The number of nitrogens with zero attached hydrogens (tertiary/aromatic N) is 2. The van der Waals surface area contributed by atoms with Gasteiger partial charge in [-0.1, -0.05) is 6.07 Å². The van der Waals surface area contributed by atoms with E-state index in [1.54, 1.807) is 43.5 Å². The first-order valence-electron chi connectivity index (χ1n) is 9.81. The fraction of sp³-hybridized carbons (Fsp3) is 0.286. The van der Waals surface area contributed by atoms with Crippen molar-refractivity contribution in [3.05, 3.63) is 70.3 Å². The molecule has 0 aliphatic heterocycles. The lowest BCUT2D eigenvalue weighted by atomic mass is 9.92. The third-order valence-electron chi connectivity index (χ3n) is 4.66. The second-order valence-corrected chi connectivity index (χ2v) is 7.51. The van der Waals surface area contributed by atoms with Gasteiger partial charge in [0.05, 0.1) is 37.9 Å². The zero-order chi connectivity index (χ0) is 22.9. The molecular weight excluding hydrogens is 436 g/mol. The Bertz CT molecular complexity index is 1070. The summed E-state index contributed by atoms with van der Waals surface area (Å²) in [5.74, 6) is 4.77. The van der Waals surface area contributed by atoms with Gasteiger partial charge in [-0.25, -0.2) is 9.67 Å². The maximum Gasteiger partial charge on any atom is 0.306 e. The first-order chi connectivity index (χ1) is 15.5. The summed E-state index contributed by atoms with van der Waals surface area (Å²) in [4.78, 5) is 33.8. The van der Waals surface area contributed by atoms with Crippen LogP contribution in [0.1, 0.15) is 30.5 Å². The van der Waals surface area contributed by atoms with Crippen LogP contribution in [-0.2, 0) is 25.3 Å². The Balaban J connectivity index is 1.81. The Kier molecular flexibility index (Phi) is 8.45. The van der Waals surface area contributed by atoms with Gasteiger partial charge < -0.3 is 9.47 Å². The van der Waals surface area contributed by atoms with Crippen LogP contribution in [0, 0.1) is 0 Å². The maximum atomic E-state index is 12.6. The van der Waals surface area contributed by atoms with Crippen molar-refractivity contribution >= 4 is 18.0 Å². The lowest BCUT2D eigenvalue weighted by Gasteiger charge is -2.16. The molecule has 3 aromatic rings. The van der Waals surface area contributed by atoms with Crippen LogP contribution < -0.4 is 16.2 Å². The number of aromatic amines is 1. The number of H-pyrrole nitrogens is 1. The predicted octanol–water partition coefficient (Wildman–Crippen LogP) is 2.68. The van der Waals surface area contributed by atoms with Gasteiger partial charge >= 0.3 is 5.97 Å². The molecule has 0 amide bonds. The molecule has 0 bridgehead atoms. The number of hydrogen-bond donors (Lipinski definition) is 2. The van der Waals surface area contributed by atoms with Crippen LogP contribution in [0.15, 0.2) is 58.4 Å². The largest absolute Gasteiger partial charge is 0.481 e. The van der Waals surface area contributed by atoms with Crippen molar-refractivity contribution in [2.24, 2.45) is 5.90 Å². The minimum Gasteiger partial charge on any atom is -0.481 e. The third kappa shape index (κ3) is 6.20. The van der Waals surface area contributed by atoms with Gasteiger partial charge in [0.2, 0.25) is 5.88 Å². The van der Waals surface area contributed by atoms with Gasteiger partial charge in [0, 0.05) is 34.8 Å². The first-order valence-corrected chi connectivity index (χ1v) is 10.5. The van der Waals surface area contributed by atoms with Crippen LogP contribution in [0.5, 0.6) is 5.88 Å². The molecule has 170 valence electrons. The highest BCUT2D eigenvalue weighted by molar-refractivity contribution is 7.94. The van der Waals surface area contributed by atoms with Crippen molar-refractivity contribution in [1.82, 2.24) is 14.8 Å². The van der Waals surface area contributed by atoms with Gasteiger partial charge in [-0.3, -0.25) is 14.7 Å². The van der Waals surface area contributed by atoms with Gasteiger partial charge in [-0.05, 0) is 43.2 Å². The van der Waals surface area contributed by atoms with E-state index in [2.05, 4.69) is 19.4 Å². The average molecular weight is 461 g/mol. The highest BCUT2D eigenvalue weighted by Crippen LogP contribution is 2.25. The van der Waals surface area contributed by atoms with Crippen LogP contribution in [-0.4, -0.2) is 34.5 Å². The lowest BCUT2D eigenvalue weighted by Crippen LogP contribution is -2.14. The zero-order valence-electron chi connectivity index (χ0n) is 17.6. The number of esters is 1. The SMILES string of the molecule is CCOC(=O)CC(Cc1cc(=O)n(-c2ccc(SOON)cc2)[nH]1)c1ccc(OC)nc1. The zero-order valence-corrected chi connectivity index (χ0v) is 18.5. The number of carbonyl (C=O) groups excluding carboxylic acids is 1. The summed E-state index contributed by atoms with van der Waals surface area (Å²) in [6.45, 7) is 2.06. The Hall–Kier alpha value is -3.12. The summed E-state index contributed by atoms with van der Waals surface area (Å²) >= 11 is 0.948. The molecule has 1 aromatic carbocycles. The Morgan fingerprint density at radius 3 is 2.66 bits per heavy atom. The van der Waals surface area contributed by atoms with E-state index in [4.69, 9.17) is 15.4 Å². The van der Waals surface area contributed by atoms with Crippen molar-refractivity contribution in [1.29, 1.82) is 0 Å². The number of aromatic nitrogens is 3. The minimum atomic E-state index is -0.313. The molecule has 0 fully saturated rings. The summed E-state index contributed by atoms with van der Waals surface area (Å²) in [5.41, 5.74) is 1.95. The smallest absolute Gasteiger partial charge is 0.306 e. The summed E-state index contributed by atoms with van der Waals surface area (Å²) in [7, 11) is 1.54. The second-order valence-electron chi connectivity index (χ2n) is 6.74. The Morgan fingerprint density at radius 1 is 1.25 bits per heavy atom. The van der Waals surface area contributed by atoms with Gasteiger partial charge in [0.25, 0.3) is 5.56 Å². The van der Waals surface area contributed by atoms with Crippen molar-refractivity contribution in [2.45, 2.75) is 30.6 Å². The fourth-order valence-corrected chi connectivity index (χ4v) is 3.56. The molecule has 0 saturated carbocycles. The highest BCUT2D eigenvalue weighted by atomic mass is 32.2. The maximum absolute atomic E-state index is 12.6. The number of nitrogens with two attached hydrogens (primary N) is 1. The second kappa shape index (κ2) is 11.5. The summed E-state index contributed by atoms with van der Waals surface area (Å²) in [6.07, 6.45) is 2.25. The number of pyridine rings is 1. The van der Waals surface area contributed by atoms with E-state index in [0.29, 0.717) is 30.3 Å². The molecule has 2 aromatic heterocycles. The Labute approximate surface area is 188 Å². The molecule has 0 saturated heterocycles. The molecule has 3 rings (SSSR count). The van der Waals surface area contributed by atoms with Crippen molar-refractivity contribution in [3.8, 4) is 11.6 Å². The molecule has 10 nitrogen and oxygen atoms in total. The lowest BCUT2D eigenvalue weighted by molar-refractivity contribution is -0.195. The number of hydrogen-bond acceptors (Lipinski definition) is 9. The topological polar surface area (TPSA) is 131 Å². The van der Waals surface area contributed by atoms with Crippen molar-refractivity contribution < 1.29 is 23.6 Å². The van der Waals surface area contributed by atoms with Gasteiger partial charge in [0.15, 0.2) is 0 Å². The normalized spacial score (nSPS) is 11.8. The van der Waals surface area contributed by atoms with Crippen LogP contribution in [0.2, 0.25) is 0 Å². The van der Waals surface area contributed by atoms with E-state index in [1.807, 2.05) is 6.07 Å². The number of rotatable bonds is 11. The molecular formula is C21H24N4O6S. The van der Waals surface area contributed by atoms with Crippen LogP contribution in [0.4, 0.5) is 0 Å². The molecule has 11 heteroatoms. The monoisotopic (exact) mass is 460 g/mol. The summed E-state index contributed by atoms with van der Waals surface area (Å²) in [5, 5.41) is 3.11. The van der Waals surface area contributed by atoms with E-state index < -0.39 is 0 Å². The van der Waals surface area contributed by atoms with Crippen LogP contribution in [0.3, 0.4) is 0 Å². The molecule has 1 atom stereocenters. The van der Waals surface area contributed by atoms with E-state index in [-0.39, 0.29) is 23.9 Å². The molecule has 0 aliphatic carbocycles. The fourth-order valence-electron chi connectivity index (χ4n) is 3.20. The number of benzene rings is 1. The molecule has 2 heterocycles. The standard InChI is InChI=1S/C21H24N4O6S/c1-3-29-21(27)11-15(14-4-9-19(28-2)23-13-14)10-16-12-20(26)25(24-16)17-5-7-18(8-6-17)32-31-30-22/h4-9,12-13,15,24H,3,10-11,22H2,1-2H3. The number of carbonyl (C=O) groups is 1. The van der Waals surface area contributed by atoms with Crippen molar-refractivity contribution in [3.63, 3.8) is 0 Å². The quantitative estimate of drug-likeness (QED) is 0.192. The molecule has 0 radical (unpaired) electrons. The van der Waals surface area contributed by atoms with Crippen LogP contribution in [0.25, 0.3) is 5.69 Å². The Morgan fingerprint density at radius 2 is 2.03 bits per heavy atom. The van der Waals surface area contributed by atoms with Gasteiger partial charge in [0.1, 0.15) is 0 Å². The number of methoxy groups -OCH3 is 1.